The second-order valence-electron chi connectivity index (χ2n) is 4.28. The van der Waals surface area contributed by atoms with Gasteiger partial charge in [-0.2, -0.15) is 0 Å². The average molecular weight is 247 g/mol. The first-order chi connectivity index (χ1) is 8.65. The summed E-state index contributed by atoms with van der Waals surface area (Å²) in [7, 11) is 3.23. The molecule has 0 saturated carbocycles. The molecule has 1 heterocycles. The van der Waals surface area contributed by atoms with E-state index < -0.39 is 0 Å². The topological polar surface area (TPSA) is 49.2 Å². The van der Waals surface area contributed by atoms with Crippen molar-refractivity contribution >= 4 is 0 Å². The van der Waals surface area contributed by atoms with Gasteiger partial charge in [0.15, 0.2) is 11.5 Å². The molecule has 0 unspecified atom stereocenters. The zero-order valence-electron chi connectivity index (χ0n) is 11.0. The largest absolute Gasteiger partial charge is 0.493 e. The van der Waals surface area contributed by atoms with Gasteiger partial charge in [-0.25, -0.2) is 4.68 Å². The second kappa shape index (κ2) is 5.08. The Morgan fingerprint density at radius 3 is 2.39 bits per heavy atom. The van der Waals surface area contributed by atoms with Crippen LogP contribution in [-0.4, -0.2) is 29.2 Å². The molecule has 18 heavy (non-hydrogen) atoms. The lowest BCUT2D eigenvalue weighted by molar-refractivity contribution is 0.354. The Labute approximate surface area is 106 Å². The first-order valence-corrected chi connectivity index (χ1v) is 5.80. The normalized spacial score (nSPS) is 10.7. The third-order valence-corrected chi connectivity index (χ3v) is 2.73. The summed E-state index contributed by atoms with van der Waals surface area (Å²) in [5.74, 6) is 1.74. The van der Waals surface area contributed by atoms with Gasteiger partial charge in [0.2, 0.25) is 0 Å². The van der Waals surface area contributed by atoms with Gasteiger partial charge in [0.1, 0.15) is 0 Å². The zero-order chi connectivity index (χ0) is 13.1. The minimum atomic E-state index is 0.360. The molecule has 5 nitrogen and oxygen atoms in total. The van der Waals surface area contributed by atoms with Gasteiger partial charge in [0.25, 0.3) is 0 Å². The smallest absolute Gasteiger partial charge is 0.162 e. The Morgan fingerprint density at radius 2 is 1.83 bits per heavy atom. The minimum absolute atomic E-state index is 0.360. The van der Waals surface area contributed by atoms with Gasteiger partial charge in [-0.3, -0.25) is 0 Å². The number of hydrogen-bond donors (Lipinski definition) is 0. The van der Waals surface area contributed by atoms with Crippen LogP contribution in [-0.2, 0) is 0 Å². The summed E-state index contributed by atoms with van der Waals surface area (Å²) in [6.45, 7) is 4.17. The van der Waals surface area contributed by atoms with Crippen LogP contribution in [0.2, 0.25) is 0 Å². The van der Waals surface area contributed by atoms with Crippen molar-refractivity contribution in [1.29, 1.82) is 0 Å². The molecule has 0 saturated heterocycles. The van der Waals surface area contributed by atoms with Gasteiger partial charge >= 0.3 is 0 Å². The maximum atomic E-state index is 5.27. The first kappa shape index (κ1) is 12.4. The lowest BCUT2D eigenvalue weighted by Crippen LogP contribution is -1.97. The van der Waals surface area contributed by atoms with E-state index >= 15 is 0 Å². The molecule has 1 aromatic carbocycles. The molecule has 2 aromatic rings. The molecule has 0 aliphatic heterocycles. The summed E-state index contributed by atoms with van der Waals surface area (Å²) in [4.78, 5) is 0. The molecule has 0 fully saturated rings. The van der Waals surface area contributed by atoms with Crippen LogP contribution in [0.25, 0.3) is 5.69 Å². The number of aromatic nitrogens is 3. The van der Waals surface area contributed by atoms with Gasteiger partial charge < -0.3 is 9.47 Å². The fourth-order valence-corrected chi connectivity index (χ4v) is 1.63. The summed E-state index contributed by atoms with van der Waals surface area (Å²) in [6.07, 6.45) is 1.92. The van der Waals surface area contributed by atoms with E-state index in [0.29, 0.717) is 17.4 Å². The third kappa shape index (κ3) is 2.30. The van der Waals surface area contributed by atoms with Crippen molar-refractivity contribution in [3.8, 4) is 17.2 Å². The molecule has 0 radical (unpaired) electrons. The van der Waals surface area contributed by atoms with Crippen molar-refractivity contribution < 1.29 is 9.47 Å². The molecule has 96 valence electrons. The van der Waals surface area contributed by atoms with E-state index in [1.165, 1.54) is 0 Å². The fraction of sp³-hybridized carbons (Fsp3) is 0.385. The molecule has 0 bridgehead atoms. The predicted octanol–water partition coefficient (Wildman–Crippen LogP) is 2.41. The van der Waals surface area contributed by atoms with E-state index in [4.69, 9.17) is 9.47 Å². The monoisotopic (exact) mass is 247 g/mol. The highest BCUT2D eigenvalue weighted by Gasteiger charge is 2.09. The molecule has 0 aliphatic carbocycles. The SMILES string of the molecule is COc1ccc(-n2cc(C(C)C)nn2)cc1OC. The van der Waals surface area contributed by atoms with Gasteiger partial charge in [0.05, 0.1) is 31.8 Å². The Hall–Kier alpha value is -2.04. The third-order valence-electron chi connectivity index (χ3n) is 2.73. The predicted molar refractivity (Wildman–Crippen MR) is 68.6 cm³/mol. The molecular weight excluding hydrogens is 230 g/mol. The Kier molecular flexibility index (Phi) is 3.50. The second-order valence-corrected chi connectivity index (χ2v) is 4.28. The average Bonchev–Trinajstić information content (AvgIpc) is 2.87. The summed E-state index contributed by atoms with van der Waals surface area (Å²) in [5, 5.41) is 8.24. The molecule has 0 N–H and O–H groups in total. The van der Waals surface area contributed by atoms with Crippen LogP contribution >= 0.6 is 0 Å². The van der Waals surface area contributed by atoms with Crippen LogP contribution in [0.4, 0.5) is 0 Å². The van der Waals surface area contributed by atoms with Crippen LogP contribution in [0.3, 0.4) is 0 Å². The number of methoxy groups -OCH3 is 2. The summed E-state index contributed by atoms with van der Waals surface area (Å²) in [5.41, 5.74) is 1.86. The summed E-state index contributed by atoms with van der Waals surface area (Å²) < 4.78 is 12.2. The maximum Gasteiger partial charge on any atom is 0.162 e. The van der Waals surface area contributed by atoms with Crippen molar-refractivity contribution in [3.05, 3.63) is 30.1 Å². The van der Waals surface area contributed by atoms with Crippen molar-refractivity contribution in [2.75, 3.05) is 14.2 Å². The van der Waals surface area contributed by atoms with Crippen molar-refractivity contribution in [1.82, 2.24) is 15.0 Å². The van der Waals surface area contributed by atoms with Crippen LogP contribution in [0.5, 0.6) is 11.5 Å². The highest BCUT2D eigenvalue weighted by Crippen LogP contribution is 2.29. The zero-order valence-corrected chi connectivity index (χ0v) is 11.0. The van der Waals surface area contributed by atoms with E-state index in [1.807, 2.05) is 24.4 Å². The number of hydrogen-bond acceptors (Lipinski definition) is 4. The fourth-order valence-electron chi connectivity index (χ4n) is 1.63. The number of benzene rings is 1. The van der Waals surface area contributed by atoms with E-state index in [0.717, 1.165) is 11.4 Å². The molecule has 2 rings (SSSR count). The van der Waals surface area contributed by atoms with Crippen LogP contribution in [0.15, 0.2) is 24.4 Å². The quantitative estimate of drug-likeness (QED) is 0.832. The minimum Gasteiger partial charge on any atom is -0.493 e. The molecule has 1 aromatic heterocycles. The maximum absolute atomic E-state index is 5.27. The van der Waals surface area contributed by atoms with E-state index in [9.17, 15) is 0 Å². The van der Waals surface area contributed by atoms with Gasteiger partial charge in [-0.1, -0.05) is 19.1 Å². The van der Waals surface area contributed by atoms with E-state index in [-0.39, 0.29) is 0 Å². The number of ether oxygens (including phenoxy) is 2. The van der Waals surface area contributed by atoms with Crippen molar-refractivity contribution in [2.24, 2.45) is 0 Å². The highest BCUT2D eigenvalue weighted by atomic mass is 16.5. The van der Waals surface area contributed by atoms with Crippen LogP contribution in [0.1, 0.15) is 25.5 Å². The molecule has 5 heteroatoms. The molecule has 0 aliphatic rings. The Morgan fingerprint density at radius 1 is 1.11 bits per heavy atom. The van der Waals surface area contributed by atoms with Crippen molar-refractivity contribution in [3.63, 3.8) is 0 Å². The Bertz CT molecular complexity index is 535. The molecular formula is C13H17N3O2. The standard InChI is InChI=1S/C13H17N3O2/c1-9(2)11-8-16(15-14-11)10-5-6-12(17-3)13(7-10)18-4/h5-9H,1-4H3. The molecule has 0 spiro atoms. The van der Waals surface area contributed by atoms with Gasteiger partial charge in [-0.05, 0) is 18.1 Å². The van der Waals surface area contributed by atoms with Crippen molar-refractivity contribution in [2.45, 2.75) is 19.8 Å². The number of rotatable bonds is 4. The highest BCUT2D eigenvalue weighted by molar-refractivity contribution is 5.48. The summed E-state index contributed by atoms with van der Waals surface area (Å²) in [6, 6.07) is 5.64. The molecule has 0 amide bonds. The van der Waals surface area contributed by atoms with Gasteiger partial charge in [0, 0.05) is 6.07 Å². The van der Waals surface area contributed by atoms with E-state index in [1.54, 1.807) is 18.9 Å². The number of nitrogens with zero attached hydrogens (tertiary/aromatic N) is 3. The molecule has 0 atom stereocenters. The first-order valence-electron chi connectivity index (χ1n) is 5.80. The Balaban J connectivity index is 2.38. The lowest BCUT2D eigenvalue weighted by Gasteiger charge is -2.09. The van der Waals surface area contributed by atoms with E-state index in [2.05, 4.69) is 24.2 Å². The van der Waals surface area contributed by atoms with Crippen LogP contribution < -0.4 is 9.47 Å². The van der Waals surface area contributed by atoms with Gasteiger partial charge in [-0.15, -0.1) is 5.10 Å². The summed E-state index contributed by atoms with van der Waals surface area (Å²) >= 11 is 0. The lowest BCUT2D eigenvalue weighted by atomic mass is 10.2. The van der Waals surface area contributed by atoms with Crippen LogP contribution in [0, 0.1) is 0 Å².